The third kappa shape index (κ3) is 6.13. The van der Waals surface area contributed by atoms with Gasteiger partial charge in [-0.1, -0.05) is 6.92 Å². The third-order valence-corrected chi connectivity index (χ3v) is 2.66. The van der Waals surface area contributed by atoms with Gasteiger partial charge in [0.25, 0.3) is 0 Å². The van der Waals surface area contributed by atoms with Crippen molar-refractivity contribution in [3.05, 3.63) is 0 Å². The quantitative estimate of drug-likeness (QED) is 0.371. The van der Waals surface area contributed by atoms with Crippen LogP contribution in [0.2, 0.25) is 0 Å². The van der Waals surface area contributed by atoms with Crippen LogP contribution in [-0.2, 0) is 9.78 Å². The molecule has 15 heavy (non-hydrogen) atoms. The Labute approximate surface area is 94.7 Å². The van der Waals surface area contributed by atoms with Gasteiger partial charge in [0.2, 0.25) is 0 Å². The van der Waals surface area contributed by atoms with Crippen LogP contribution in [0.4, 0.5) is 0 Å². The summed E-state index contributed by atoms with van der Waals surface area (Å²) in [5.74, 6) is 0. The lowest BCUT2D eigenvalue weighted by molar-refractivity contribution is -0.372. The van der Waals surface area contributed by atoms with Crippen molar-refractivity contribution in [3.63, 3.8) is 0 Å². The number of rotatable bonds is 7. The molecule has 3 heteroatoms. The fourth-order valence-corrected chi connectivity index (χ4v) is 1.20. The molecule has 92 valence electrons. The molecule has 0 rings (SSSR count). The van der Waals surface area contributed by atoms with Crippen LogP contribution in [0.5, 0.6) is 0 Å². The molecule has 0 aliphatic heterocycles. The lowest BCUT2D eigenvalue weighted by Crippen LogP contribution is -2.39. The Kier molecular flexibility index (Phi) is 6.41. The van der Waals surface area contributed by atoms with E-state index in [0.29, 0.717) is 18.8 Å². The van der Waals surface area contributed by atoms with E-state index in [1.54, 1.807) is 0 Å². The Morgan fingerprint density at radius 1 is 1.07 bits per heavy atom. The predicted octanol–water partition coefficient (Wildman–Crippen LogP) is 3.20. The standard InChI is InChI=1S/C12H27NO2/c1-8-12(6,7)15-14-9-13(10(2)3)11(4)5/h10-11H,8-9H2,1-7H3. The van der Waals surface area contributed by atoms with Gasteiger partial charge >= 0.3 is 0 Å². The van der Waals surface area contributed by atoms with Crippen molar-refractivity contribution in [2.75, 3.05) is 6.73 Å². The normalized spacial score (nSPS) is 13.2. The molecule has 0 N–H and O–H groups in total. The molecule has 0 aliphatic carbocycles. The van der Waals surface area contributed by atoms with Crippen molar-refractivity contribution >= 4 is 0 Å². The first-order valence-corrected chi connectivity index (χ1v) is 5.86. The molecule has 0 fully saturated rings. The minimum absolute atomic E-state index is 0.195. The minimum Gasteiger partial charge on any atom is -0.273 e. The Morgan fingerprint density at radius 2 is 1.53 bits per heavy atom. The third-order valence-electron chi connectivity index (χ3n) is 2.66. The first kappa shape index (κ1) is 14.9. The van der Waals surface area contributed by atoms with Gasteiger partial charge in [0.1, 0.15) is 6.73 Å². The van der Waals surface area contributed by atoms with Crippen molar-refractivity contribution in [1.82, 2.24) is 4.90 Å². The van der Waals surface area contributed by atoms with E-state index in [-0.39, 0.29) is 5.60 Å². The largest absolute Gasteiger partial charge is 0.273 e. The fourth-order valence-electron chi connectivity index (χ4n) is 1.20. The van der Waals surface area contributed by atoms with Crippen molar-refractivity contribution in [2.24, 2.45) is 0 Å². The molecule has 3 nitrogen and oxygen atoms in total. The van der Waals surface area contributed by atoms with Gasteiger partial charge < -0.3 is 0 Å². The number of hydrogen-bond acceptors (Lipinski definition) is 3. The predicted molar refractivity (Wildman–Crippen MR) is 63.5 cm³/mol. The monoisotopic (exact) mass is 217 g/mol. The van der Waals surface area contributed by atoms with E-state index in [9.17, 15) is 0 Å². The Balaban J connectivity index is 3.92. The first-order valence-electron chi connectivity index (χ1n) is 5.86. The molecule has 0 aromatic rings. The van der Waals surface area contributed by atoms with Gasteiger partial charge in [0.15, 0.2) is 0 Å². The second-order valence-corrected chi connectivity index (χ2v) is 5.15. The molecule has 0 unspecified atom stereocenters. The van der Waals surface area contributed by atoms with Crippen LogP contribution in [0.3, 0.4) is 0 Å². The van der Waals surface area contributed by atoms with Crippen molar-refractivity contribution < 1.29 is 9.78 Å². The highest BCUT2D eigenvalue weighted by atomic mass is 17.2. The summed E-state index contributed by atoms with van der Waals surface area (Å²) in [6.07, 6.45) is 0.941. The zero-order chi connectivity index (χ0) is 12.1. The molecule has 0 aliphatic rings. The second-order valence-electron chi connectivity index (χ2n) is 5.15. The van der Waals surface area contributed by atoms with E-state index >= 15 is 0 Å². The fraction of sp³-hybridized carbons (Fsp3) is 1.00. The number of hydrogen-bond donors (Lipinski definition) is 0. The van der Waals surface area contributed by atoms with E-state index in [1.165, 1.54) is 0 Å². The van der Waals surface area contributed by atoms with Crippen LogP contribution in [0.15, 0.2) is 0 Å². The van der Waals surface area contributed by atoms with E-state index in [2.05, 4.69) is 39.5 Å². The Hall–Kier alpha value is -0.120. The zero-order valence-electron chi connectivity index (χ0n) is 11.3. The van der Waals surface area contributed by atoms with E-state index in [4.69, 9.17) is 9.78 Å². The highest BCUT2D eigenvalue weighted by Gasteiger charge is 2.19. The molecule has 0 amide bonds. The van der Waals surface area contributed by atoms with Gasteiger partial charge in [0.05, 0.1) is 5.60 Å². The second kappa shape index (κ2) is 6.46. The smallest absolute Gasteiger partial charge is 0.135 e. The molecule has 0 saturated heterocycles. The Bertz CT molecular complexity index is 159. The summed E-state index contributed by atoms with van der Waals surface area (Å²) in [7, 11) is 0. The maximum Gasteiger partial charge on any atom is 0.135 e. The van der Waals surface area contributed by atoms with Gasteiger partial charge in [-0.3, -0.25) is 4.90 Å². The Morgan fingerprint density at radius 3 is 1.87 bits per heavy atom. The minimum atomic E-state index is -0.195. The van der Waals surface area contributed by atoms with Crippen LogP contribution < -0.4 is 0 Å². The van der Waals surface area contributed by atoms with Crippen molar-refractivity contribution in [1.29, 1.82) is 0 Å². The molecule has 0 heterocycles. The molecule has 0 aromatic carbocycles. The average Bonchev–Trinajstić information content (AvgIpc) is 2.11. The SMILES string of the molecule is CCC(C)(C)OOCN(C(C)C)C(C)C. The van der Waals surface area contributed by atoms with Gasteiger partial charge in [-0.15, -0.1) is 0 Å². The van der Waals surface area contributed by atoms with Gasteiger partial charge in [-0.25, -0.2) is 9.78 Å². The number of nitrogens with zero attached hydrogens (tertiary/aromatic N) is 1. The summed E-state index contributed by atoms with van der Waals surface area (Å²) >= 11 is 0. The van der Waals surface area contributed by atoms with Crippen molar-refractivity contribution in [2.45, 2.75) is 72.6 Å². The molecule has 0 spiro atoms. The van der Waals surface area contributed by atoms with Crippen molar-refractivity contribution in [3.8, 4) is 0 Å². The summed E-state index contributed by atoms with van der Waals surface area (Å²) in [5, 5.41) is 0. The average molecular weight is 217 g/mol. The lowest BCUT2D eigenvalue weighted by atomic mass is 10.1. The van der Waals surface area contributed by atoms with Gasteiger partial charge in [-0.2, -0.15) is 0 Å². The van der Waals surface area contributed by atoms with Crippen LogP contribution in [-0.4, -0.2) is 29.3 Å². The maximum atomic E-state index is 5.37. The van der Waals surface area contributed by atoms with Gasteiger partial charge in [0, 0.05) is 12.1 Å². The zero-order valence-corrected chi connectivity index (χ0v) is 11.3. The molecule has 0 aromatic heterocycles. The van der Waals surface area contributed by atoms with Crippen LogP contribution in [0, 0.1) is 0 Å². The summed E-state index contributed by atoms with van der Waals surface area (Å²) < 4.78 is 0. The van der Waals surface area contributed by atoms with Crippen LogP contribution in [0.1, 0.15) is 54.9 Å². The summed E-state index contributed by atoms with van der Waals surface area (Å²) in [6.45, 7) is 15.3. The van der Waals surface area contributed by atoms with E-state index in [1.807, 2.05) is 13.8 Å². The van der Waals surface area contributed by atoms with E-state index in [0.717, 1.165) is 6.42 Å². The first-order chi connectivity index (χ1) is 6.80. The van der Waals surface area contributed by atoms with Crippen LogP contribution >= 0.6 is 0 Å². The highest BCUT2D eigenvalue weighted by molar-refractivity contribution is 4.64. The summed E-state index contributed by atoms with van der Waals surface area (Å²) in [4.78, 5) is 12.9. The summed E-state index contributed by atoms with van der Waals surface area (Å²) in [5.41, 5.74) is -0.195. The summed E-state index contributed by atoms with van der Waals surface area (Å²) in [6, 6.07) is 0.941. The van der Waals surface area contributed by atoms with Gasteiger partial charge in [-0.05, 0) is 48.0 Å². The molecule has 0 bridgehead atoms. The topological polar surface area (TPSA) is 21.7 Å². The molecule has 0 atom stereocenters. The lowest BCUT2D eigenvalue weighted by Gasteiger charge is -2.31. The maximum absolute atomic E-state index is 5.37. The van der Waals surface area contributed by atoms with E-state index < -0.39 is 0 Å². The molecular weight excluding hydrogens is 190 g/mol. The highest BCUT2D eigenvalue weighted by Crippen LogP contribution is 2.14. The molecule has 0 radical (unpaired) electrons. The molecule has 0 saturated carbocycles. The van der Waals surface area contributed by atoms with Crippen LogP contribution in [0.25, 0.3) is 0 Å². The molecular formula is C12H27NO2.